The molecule has 6 heteroatoms. The van der Waals surface area contributed by atoms with Gasteiger partial charge >= 0.3 is 5.97 Å². The molecule has 0 radical (unpaired) electrons. The molecular formula is C20H23N2O3P. The number of hydrogen-bond donors (Lipinski definition) is 1. The Bertz CT molecular complexity index is 785. The van der Waals surface area contributed by atoms with Crippen LogP contribution in [0.15, 0.2) is 72.1 Å². The van der Waals surface area contributed by atoms with E-state index in [1.807, 2.05) is 83.0 Å². The standard InChI is InChI=1S/C20H23N2O3P/c1-2-9-19(16-20(23)24)26(25)21(17-10-5-3-6-11-17)14-15-22(26)18-12-7-4-8-13-18/h3-13H,2,14-16H2,1H3,(H,23,24). The van der Waals surface area contributed by atoms with Crippen molar-refractivity contribution in [2.45, 2.75) is 19.8 Å². The van der Waals surface area contributed by atoms with Crippen molar-refractivity contribution in [1.82, 2.24) is 0 Å². The van der Waals surface area contributed by atoms with Gasteiger partial charge in [0, 0.05) is 29.8 Å². The molecule has 2 aromatic rings. The number of hydrogen-bond acceptors (Lipinski definition) is 2. The first-order valence-electron chi connectivity index (χ1n) is 8.75. The molecule has 26 heavy (non-hydrogen) atoms. The molecule has 0 aliphatic carbocycles. The van der Waals surface area contributed by atoms with Crippen LogP contribution in [0.1, 0.15) is 19.8 Å². The van der Waals surface area contributed by atoms with Crippen LogP contribution in [0, 0.1) is 0 Å². The van der Waals surface area contributed by atoms with Gasteiger partial charge in [-0.3, -0.25) is 9.36 Å². The Balaban J connectivity index is 2.14. The zero-order valence-electron chi connectivity index (χ0n) is 14.8. The van der Waals surface area contributed by atoms with Crippen LogP contribution in [0.3, 0.4) is 0 Å². The molecule has 1 aliphatic heterocycles. The maximum Gasteiger partial charge on any atom is 0.308 e. The van der Waals surface area contributed by atoms with Crippen molar-refractivity contribution >= 4 is 24.8 Å². The van der Waals surface area contributed by atoms with Gasteiger partial charge in [-0.1, -0.05) is 49.4 Å². The molecule has 0 unspecified atom stereocenters. The van der Waals surface area contributed by atoms with E-state index >= 15 is 0 Å². The fraction of sp³-hybridized carbons (Fsp3) is 0.250. The predicted molar refractivity (Wildman–Crippen MR) is 106 cm³/mol. The van der Waals surface area contributed by atoms with Crippen molar-refractivity contribution in [2.75, 3.05) is 22.4 Å². The number of para-hydroxylation sites is 2. The van der Waals surface area contributed by atoms with E-state index in [0.717, 1.165) is 11.4 Å². The van der Waals surface area contributed by atoms with Gasteiger partial charge in [0.1, 0.15) is 0 Å². The molecule has 1 aliphatic rings. The average Bonchev–Trinajstić information content (AvgIpc) is 3.01. The quantitative estimate of drug-likeness (QED) is 0.727. The first-order valence-corrected chi connectivity index (χ1v) is 10.4. The Kier molecular flexibility index (Phi) is 5.48. The van der Waals surface area contributed by atoms with Crippen molar-refractivity contribution in [1.29, 1.82) is 0 Å². The number of rotatable bonds is 6. The van der Waals surface area contributed by atoms with Crippen LogP contribution in [0.4, 0.5) is 11.4 Å². The van der Waals surface area contributed by atoms with E-state index in [4.69, 9.17) is 0 Å². The molecule has 0 amide bonds. The Hall–Kier alpha value is -2.52. The number of benzene rings is 2. The van der Waals surface area contributed by atoms with Gasteiger partial charge in [0.05, 0.1) is 6.42 Å². The Labute approximate surface area is 154 Å². The lowest BCUT2D eigenvalue weighted by Gasteiger charge is -2.34. The normalized spacial score (nSPS) is 16.7. The summed E-state index contributed by atoms with van der Waals surface area (Å²) in [6.07, 6.45) is 2.22. The highest BCUT2D eigenvalue weighted by Crippen LogP contribution is 2.66. The Morgan fingerprint density at radius 1 is 1.00 bits per heavy atom. The maximum atomic E-state index is 14.4. The molecule has 0 bridgehead atoms. The van der Waals surface area contributed by atoms with Gasteiger partial charge in [-0.15, -0.1) is 0 Å². The van der Waals surface area contributed by atoms with Crippen molar-refractivity contribution in [2.24, 2.45) is 0 Å². The minimum absolute atomic E-state index is 0.224. The summed E-state index contributed by atoms with van der Waals surface area (Å²) >= 11 is 0. The van der Waals surface area contributed by atoms with Gasteiger partial charge < -0.3 is 14.4 Å². The SMILES string of the molecule is CCC=C(CC(=O)O)P1(=O)N(c2ccccc2)CCN1c1ccccc1. The predicted octanol–water partition coefficient (Wildman–Crippen LogP) is 4.97. The first-order chi connectivity index (χ1) is 12.6. The molecule has 3 rings (SSSR count). The van der Waals surface area contributed by atoms with Gasteiger partial charge in [-0.25, -0.2) is 0 Å². The highest BCUT2D eigenvalue weighted by Gasteiger charge is 2.46. The van der Waals surface area contributed by atoms with Gasteiger partial charge in [0.15, 0.2) is 0 Å². The summed E-state index contributed by atoms with van der Waals surface area (Å²) in [4.78, 5) is 11.5. The Morgan fingerprint density at radius 2 is 1.46 bits per heavy atom. The maximum absolute atomic E-state index is 14.4. The van der Waals surface area contributed by atoms with Gasteiger partial charge in [0.25, 0.3) is 7.44 Å². The number of carboxylic acids is 1. The van der Waals surface area contributed by atoms with Crippen LogP contribution in [-0.2, 0) is 9.36 Å². The van der Waals surface area contributed by atoms with E-state index in [0.29, 0.717) is 24.8 Å². The van der Waals surface area contributed by atoms with Crippen LogP contribution >= 0.6 is 7.44 Å². The number of anilines is 2. The molecule has 136 valence electrons. The third kappa shape index (κ3) is 3.40. The average molecular weight is 370 g/mol. The molecule has 5 nitrogen and oxygen atoms in total. The number of carbonyl (C=O) groups is 1. The van der Waals surface area contributed by atoms with Crippen molar-refractivity contribution in [3.05, 3.63) is 72.1 Å². The third-order valence-electron chi connectivity index (χ3n) is 4.43. The van der Waals surface area contributed by atoms with Crippen LogP contribution in [-0.4, -0.2) is 24.2 Å². The lowest BCUT2D eigenvalue weighted by Crippen LogP contribution is -2.21. The molecule has 0 aromatic heterocycles. The summed E-state index contributed by atoms with van der Waals surface area (Å²) < 4.78 is 18.2. The van der Waals surface area contributed by atoms with E-state index < -0.39 is 13.4 Å². The summed E-state index contributed by atoms with van der Waals surface area (Å²) in [6.45, 7) is 3.09. The zero-order valence-corrected chi connectivity index (χ0v) is 15.7. The second-order valence-corrected chi connectivity index (χ2v) is 8.76. The molecule has 2 aromatic carbocycles. The summed E-state index contributed by atoms with van der Waals surface area (Å²) in [5.41, 5.74) is 1.70. The van der Waals surface area contributed by atoms with Crippen molar-refractivity contribution in [3.8, 4) is 0 Å². The fourth-order valence-electron chi connectivity index (χ4n) is 3.36. The van der Waals surface area contributed by atoms with Crippen molar-refractivity contribution in [3.63, 3.8) is 0 Å². The van der Waals surface area contributed by atoms with E-state index in [1.54, 1.807) is 0 Å². The van der Waals surface area contributed by atoms with Crippen molar-refractivity contribution < 1.29 is 14.5 Å². The number of aliphatic carboxylic acids is 1. The highest BCUT2D eigenvalue weighted by atomic mass is 31.2. The first kappa shape index (κ1) is 18.3. The largest absolute Gasteiger partial charge is 0.481 e. The molecule has 1 N–H and O–H groups in total. The third-order valence-corrected chi connectivity index (χ3v) is 7.69. The van der Waals surface area contributed by atoms with Gasteiger partial charge in [-0.05, 0) is 30.7 Å². The summed E-state index contributed by atoms with van der Waals surface area (Å²) in [5.74, 6) is -0.965. The van der Waals surface area contributed by atoms with E-state index in [9.17, 15) is 14.5 Å². The van der Waals surface area contributed by atoms with E-state index in [-0.39, 0.29) is 6.42 Å². The number of nitrogens with zero attached hydrogens (tertiary/aromatic N) is 2. The monoisotopic (exact) mass is 370 g/mol. The second kappa shape index (κ2) is 7.79. The smallest absolute Gasteiger partial charge is 0.308 e. The lowest BCUT2D eigenvalue weighted by atomic mass is 10.3. The lowest BCUT2D eigenvalue weighted by molar-refractivity contribution is -0.136. The molecule has 0 spiro atoms. The number of carboxylic acid groups (broad SMARTS) is 1. The minimum atomic E-state index is -3.27. The second-order valence-electron chi connectivity index (χ2n) is 6.14. The molecule has 1 heterocycles. The van der Waals surface area contributed by atoms with Crippen LogP contribution in [0.5, 0.6) is 0 Å². The fourth-order valence-corrected chi connectivity index (χ4v) is 6.61. The summed E-state index contributed by atoms with van der Waals surface area (Å²) in [6, 6.07) is 19.2. The van der Waals surface area contributed by atoms with Crippen LogP contribution < -0.4 is 9.34 Å². The van der Waals surface area contributed by atoms with Gasteiger partial charge in [0.2, 0.25) is 0 Å². The molecule has 1 fully saturated rings. The van der Waals surface area contributed by atoms with E-state index in [2.05, 4.69) is 0 Å². The minimum Gasteiger partial charge on any atom is -0.481 e. The molecular weight excluding hydrogens is 347 g/mol. The summed E-state index contributed by atoms with van der Waals surface area (Å²) in [7, 11) is -3.27. The van der Waals surface area contributed by atoms with E-state index in [1.165, 1.54) is 0 Å². The zero-order chi connectivity index (χ0) is 18.6. The Morgan fingerprint density at radius 3 is 1.85 bits per heavy atom. The molecule has 0 atom stereocenters. The van der Waals surface area contributed by atoms with Crippen LogP contribution in [0.25, 0.3) is 0 Å². The van der Waals surface area contributed by atoms with Crippen LogP contribution in [0.2, 0.25) is 0 Å². The highest BCUT2D eigenvalue weighted by molar-refractivity contribution is 7.71. The molecule has 0 saturated carbocycles. The van der Waals surface area contributed by atoms with Gasteiger partial charge in [-0.2, -0.15) is 0 Å². The summed E-state index contributed by atoms with van der Waals surface area (Å²) in [5, 5.41) is 9.88. The molecule has 1 saturated heterocycles. The number of allylic oxidation sites excluding steroid dienone is 1. The topological polar surface area (TPSA) is 60.9 Å².